The number of ether oxygens (including phenoxy) is 4. The number of Topliss-reactive ketones (excluding diaryl/α,β-unsaturated/α-hetero) is 1. The summed E-state index contributed by atoms with van der Waals surface area (Å²) in [5, 5.41) is 11.4. The number of carbonyl (C=O) groups is 2. The molecule has 1 fully saturated rings. The van der Waals surface area contributed by atoms with Crippen molar-refractivity contribution in [2.75, 3.05) is 27.9 Å². The first-order valence-electron chi connectivity index (χ1n) is 12.2. The van der Waals surface area contributed by atoms with Crippen molar-refractivity contribution in [3.8, 4) is 23.0 Å². The van der Waals surface area contributed by atoms with Gasteiger partial charge in [-0.15, -0.1) is 0 Å². The van der Waals surface area contributed by atoms with Crippen LogP contribution in [0.5, 0.6) is 23.0 Å². The zero-order valence-electron chi connectivity index (χ0n) is 22.1. The molecule has 1 heterocycles. The van der Waals surface area contributed by atoms with Crippen LogP contribution in [0.3, 0.4) is 0 Å². The molecule has 1 aliphatic heterocycles. The molecule has 4 rings (SSSR count). The smallest absolute Gasteiger partial charge is 0.295 e. The fraction of sp³-hybridized carbons (Fsp3) is 0.267. The van der Waals surface area contributed by atoms with Gasteiger partial charge in [0, 0.05) is 12.1 Å². The highest BCUT2D eigenvalue weighted by Gasteiger charge is 2.46. The number of likely N-dealkylation sites (tertiary alicyclic amines) is 1. The van der Waals surface area contributed by atoms with Crippen LogP contribution in [-0.2, 0) is 16.1 Å². The molecule has 8 heteroatoms. The van der Waals surface area contributed by atoms with Crippen molar-refractivity contribution in [3.05, 3.63) is 88.5 Å². The molecule has 1 atom stereocenters. The van der Waals surface area contributed by atoms with Gasteiger partial charge in [-0.3, -0.25) is 9.59 Å². The van der Waals surface area contributed by atoms with Crippen LogP contribution < -0.4 is 18.9 Å². The van der Waals surface area contributed by atoms with Crippen LogP contribution in [-0.4, -0.2) is 49.6 Å². The minimum atomic E-state index is -0.858. The summed E-state index contributed by atoms with van der Waals surface area (Å²) >= 11 is 0. The van der Waals surface area contributed by atoms with E-state index < -0.39 is 17.7 Å². The topological polar surface area (TPSA) is 94.5 Å². The van der Waals surface area contributed by atoms with Gasteiger partial charge in [-0.05, 0) is 73.0 Å². The Morgan fingerprint density at radius 3 is 2.16 bits per heavy atom. The van der Waals surface area contributed by atoms with Crippen LogP contribution in [0.1, 0.15) is 35.2 Å². The van der Waals surface area contributed by atoms with Crippen LogP contribution in [0.2, 0.25) is 0 Å². The molecule has 1 saturated heterocycles. The fourth-order valence-electron chi connectivity index (χ4n) is 4.61. The number of methoxy groups -OCH3 is 3. The van der Waals surface area contributed by atoms with Crippen molar-refractivity contribution in [1.82, 2.24) is 4.90 Å². The fourth-order valence-corrected chi connectivity index (χ4v) is 4.61. The van der Waals surface area contributed by atoms with Crippen molar-refractivity contribution < 1.29 is 33.6 Å². The zero-order chi connectivity index (χ0) is 27.4. The van der Waals surface area contributed by atoms with Crippen LogP contribution >= 0.6 is 0 Å². The predicted octanol–water partition coefficient (Wildman–Crippen LogP) is 5.04. The molecule has 1 aliphatic rings. The Hall–Kier alpha value is -4.46. The summed E-state index contributed by atoms with van der Waals surface area (Å²) in [7, 11) is 4.62. The van der Waals surface area contributed by atoms with E-state index in [1.807, 2.05) is 26.0 Å². The Labute approximate surface area is 222 Å². The van der Waals surface area contributed by atoms with Gasteiger partial charge < -0.3 is 29.0 Å². The molecule has 38 heavy (non-hydrogen) atoms. The van der Waals surface area contributed by atoms with Crippen LogP contribution in [0, 0.1) is 6.92 Å². The number of benzene rings is 3. The van der Waals surface area contributed by atoms with Gasteiger partial charge in [0.15, 0.2) is 11.5 Å². The second-order valence-electron chi connectivity index (χ2n) is 8.80. The minimum absolute atomic E-state index is 0.000656. The van der Waals surface area contributed by atoms with Crippen LogP contribution in [0.15, 0.2) is 66.2 Å². The molecule has 1 amide bonds. The molecular weight excluding hydrogens is 486 g/mol. The molecule has 3 aromatic carbocycles. The lowest BCUT2D eigenvalue weighted by atomic mass is 9.94. The minimum Gasteiger partial charge on any atom is -0.507 e. The summed E-state index contributed by atoms with van der Waals surface area (Å²) in [5.74, 6) is 0.583. The Kier molecular flexibility index (Phi) is 7.90. The number of hydrogen-bond donors (Lipinski definition) is 1. The van der Waals surface area contributed by atoms with E-state index in [4.69, 9.17) is 18.9 Å². The highest BCUT2D eigenvalue weighted by Crippen LogP contribution is 2.43. The lowest BCUT2D eigenvalue weighted by Crippen LogP contribution is -2.29. The third-order valence-corrected chi connectivity index (χ3v) is 6.52. The van der Waals surface area contributed by atoms with Crippen molar-refractivity contribution in [2.24, 2.45) is 0 Å². The summed E-state index contributed by atoms with van der Waals surface area (Å²) in [6, 6.07) is 16.7. The second-order valence-corrected chi connectivity index (χ2v) is 8.80. The van der Waals surface area contributed by atoms with Crippen molar-refractivity contribution >= 4 is 17.4 Å². The molecular formula is C30H31NO7. The van der Waals surface area contributed by atoms with E-state index in [1.54, 1.807) is 55.6 Å². The van der Waals surface area contributed by atoms with Gasteiger partial charge in [0.1, 0.15) is 17.3 Å². The van der Waals surface area contributed by atoms with Gasteiger partial charge in [-0.1, -0.05) is 18.2 Å². The SMILES string of the molecule is CCOc1ccc(/C(O)=C2/C(=O)C(=O)N(Cc3ccc(OC)cc3)C2c2ccc(OC)c(OC)c2)cc1C. The molecule has 0 bridgehead atoms. The van der Waals surface area contributed by atoms with Gasteiger partial charge in [-0.2, -0.15) is 0 Å². The first-order valence-corrected chi connectivity index (χ1v) is 12.2. The quantitative estimate of drug-likeness (QED) is 0.241. The average molecular weight is 518 g/mol. The summed E-state index contributed by atoms with van der Waals surface area (Å²) in [6.07, 6.45) is 0. The third-order valence-electron chi connectivity index (χ3n) is 6.52. The number of nitrogens with zero attached hydrogens (tertiary/aromatic N) is 1. The molecule has 1 N–H and O–H groups in total. The highest BCUT2D eigenvalue weighted by molar-refractivity contribution is 6.46. The molecule has 1 unspecified atom stereocenters. The number of rotatable bonds is 9. The lowest BCUT2D eigenvalue weighted by Gasteiger charge is -2.26. The maximum atomic E-state index is 13.4. The molecule has 0 aliphatic carbocycles. The van der Waals surface area contributed by atoms with Gasteiger partial charge in [0.2, 0.25) is 0 Å². The Balaban J connectivity index is 1.86. The lowest BCUT2D eigenvalue weighted by molar-refractivity contribution is -0.140. The summed E-state index contributed by atoms with van der Waals surface area (Å²) in [6.45, 7) is 4.39. The summed E-state index contributed by atoms with van der Waals surface area (Å²) in [5.41, 5.74) is 2.61. The van der Waals surface area contributed by atoms with Crippen LogP contribution in [0.4, 0.5) is 0 Å². The molecule has 3 aromatic rings. The number of aliphatic hydroxyl groups is 1. The summed E-state index contributed by atoms with van der Waals surface area (Å²) in [4.78, 5) is 28.3. The van der Waals surface area contributed by atoms with Gasteiger partial charge in [0.05, 0.1) is 39.6 Å². The van der Waals surface area contributed by atoms with E-state index in [0.717, 1.165) is 11.1 Å². The van der Waals surface area contributed by atoms with E-state index in [-0.39, 0.29) is 17.9 Å². The average Bonchev–Trinajstić information content (AvgIpc) is 3.18. The first kappa shape index (κ1) is 26.6. The van der Waals surface area contributed by atoms with Crippen molar-refractivity contribution in [3.63, 3.8) is 0 Å². The van der Waals surface area contributed by atoms with Gasteiger partial charge >= 0.3 is 0 Å². The maximum Gasteiger partial charge on any atom is 0.295 e. The van der Waals surface area contributed by atoms with E-state index in [2.05, 4.69) is 0 Å². The van der Waals surface area contributed by atoms with Crippen molar-refractivity contribution in [2.45, 2.75) is 26.4 Å². The predicted molar refractivity (Wildman–Crippen MR) is 143 cm³/mol. The number of aryl methyl sites for hydroxylation is 1. The van der Waals surface area contributed by atoms with E-state index in [0.29, 0.717) is 40.7 Å². The Morgan fingerprint density at radius 1 is 0.868 bits per heavy atom. The van der Waals surface area contributed by atoms with Crippen molar-refractivity contribution in [1.29, 1.82) is 0 Å². The monoisotopic (exact) mass is 517 g/mol. The number of hydrogen-bond acceptors (Lipinski definition) is 7. The molecule has 198 valence electrons. The number of carbonyl (C=O) groups excluding carboxylic acids is 2. The number of ketones is 1. The Morgan fingerprint density at radius 2 is 1.55 bits per heavy atom. The molecule has 0 spiro atoms. The largest absolute Gasteiger partial charge is 0.507 e. The highest BCUT2D eigenvalue weighted by atomic mass is 16.5. The van der Waals surface area contributed by atoms with Gasteiger partial charge in [0.25, 0.3) is 11.7 Å². The van der Waals surface area contributed by atoms with E-state index >= 15 is 0 Å². The van der Waals surface area contributed by atoms with E-state index in [9.17, 15) is 14.7 Å². The first-order chi connectivity index (χ1) is 18.3. The molecule has 0 radical (unpaired) electrons. The number of aliphatic hydroxyl groups excluding tert-OH is 1. The van der Waals surface area contributed by atoms with Gasteiger partial charge in [-0.25, -0.2) is 0 Å². The molecule has 8 nitrogen and oxygen atoms in total. The van der Waals surface area contributed by atoms with E-state index in [1.165, 1.54) is 19.1 Å². The Bertz CT molecular complexity index is 1380. The standard InChI is InChI=1S/C30H31NO7/c1-6-38-23-13-10-21(15-18(23)2)28(32)26-27(20-9-14-24(36-4)25(16-20)37-5)31(30(34)29(26)33)17-19-7-11-22(35-3)12-8-19/h7-16,27,32H,6,17H2,1-5H3/b28-26-. The maximum absolute atomic E-state index is 13.4. The molecule has 0 aromatic heterocycles. The normalized spacial score (nSPS) is 16.4. The third kappa shape index (κ3) is 5.02. The second kappa shape index (κ2) is 11.3. The van der Waals surface area contributed by atoms with Crippen LogP contribution in [0.25, 0.3) is 5.76 Å². The zero-order valence-corrected chi connectivity index (χ0v) is 22.1. The number of amides is 1. The molecule has 0 saturated carbocycles. The summed E-state index contributed by atoms with van der Waals surface area (Å²) < 4.78 is 21.7.